The Balaban J connectivity index is 2.37. The zero-order valence-corrected chi connectivity index (χ0v) is 8.06. The number of hydrogen-bond donors (Lipinski definition) is 0. The highest BCUT2D eigenvalue weighted by molar-refractivity contribution is 7.88. The summed E-state index contributed by atoms with van der Waals surface area (Å²) in [5.74, 6) is 1.91. The van der Waals surface area contributed by atoms with Crippen molar-refractivity contribution in [2.45, 2.75) is 13.8 Å². The second kappa shape index (κ2) is 2.46. The molecule has 0 aromatic rings. The van der Waals surface area contributed by atoms with Crippen LogP contribution >= 0.6 is 0 Å². The van der Waals surface area contributed by atoms with Gasteiger partial charge in [-0.2, -0.15) is 0 Å². The Hall–Kier alpha value is -0.570. The molecule has 0 radical (unpaired) electrons. The van der Waals surface area contributed by atoms with Crippen LogP contribution in [0.1, 0.15) is 13.8 Å². The number of hydrogen-bond acceptors (Lipinski definition) is 2. The van der Waals surface area contributed by atoms with Crippen molar-refractivity contribution in [3.05, 3.63) is 23.5 Å². The first kappa shape index (κ1) is 8.05. The molecular weight excluding hydrogens is 172 g/mol. The maximum atomic E-state index is 11.2. The van der Waals surface area contributed by atoms with Crippen LogP contribution in [0, 0.1) is 11.3 Å². The molecule has 0 aliphatic carbocycles. The lowest BCUT2D eigenvalue weighted by Crippen LogP contribution is -2.27. The highest BCUT2D eigenvalue weighted by Crippen LogP contribution is 2.41. The Kier molecular flexibility index (Phi) is 1.65. The SMILES string of the molecule is CC1(C)C=COC2=CS(=O)CC21. The smallest absolute Gasteiger partial charge is 0.117 e. The van der Waals surface area contributed by atoms with Gasteiger partial charge >= 0.3 is 0 Å². The normalized spacial score (nSPS) is 37.0. The van der Waals surface area contributed by atoms with Gasteiger partial charge in [-0.1, -0.05) is 13.8 Å². The second-order valence-corrected chi connectivity index (χ2v) is 5.19. The van der Waals surface area contributed by atoms with Gasteiger partial charge in [-0.05, 0) is 11.5 Å². The summed E-state index contributed by atoms with van der Waals surface area (Å²) in [5, 5.41) is 1.73. The van der Waals surface area contributed by atoms with Gasteiger partial charge in [-0.25, -0.2) is 0 Å². The van der Waals surface area contributed by atoms with E-state index in [9.17, 15) is 4.21 Å². The van der Waals surface area contributed by atoms with Crippen molar-refractivity contribution in [2.24, 2.45) is 11.3 Å². The summed E-state index contributed by atoms with van der Waals surface area (Å²) in [6, 6.07) is 0. The fraction of sp³-hybridized carbons (Fsp3) is 0.556. The van der Waals surface area contributed by atoms with Crippen LogP contribution in [0.2, 0.25) is 0 Å². The van der Waals surface area contributed by atoms with E-state index in [-0.39, 0.29) is 5.41 Å². The van der Waals surface area contributed by atoms with Gasteiger partial charge in [0.05, 0.1) is 6.26 Å². The van der Waals surface area contributed by atoms with Crippen molar-refractivity contribution in [3.8, 4) is 0 Å². The number of fused-ring (bicyclic) bond motifs is 1. The minimum atomic E-state index is -0.816. The quantitative estimate of drug-likeness (QED) is 0.573. The average Bonchev–Trinajstić information content (AvgIpc) is 2.30. The summed E-state index contributed by atoms with van der Waals surface area (Å²) in [4.78, 5) is 0. The van der Waals surface area contributed by atoms with Crippen LogP contribution in [0.15, 0.2) is 23.5 Å². The van der Waals surface area contributed by atoms with Crippen LogP contribution in [0.3, 0.4) is 0 Å². The molecule has 2 nitrogen and oxygen atoms in total. The molecule has 0 N–H and O–H groups in total. The average molecular weight is 184 g/mol. The first-order valence-corrected chi connectivity index (χ1v) is 5.41. The second-order valence-electron chi connectivity index (χ2n) is 3.86. The molecule has 0 saturated heterocycles. The number of ether oxygens (including phenoxy) is 1. The third kappa shape index (κ3) is 1.12. The summed E-state index contributed by atoms with van der Waals surface area (Å²) in [6.07, 6.45) is 3.74. The number of rotatable bonds is 0. The molecule has 0 aromatic carbocycles. The minimum Gasteiger partial charge on any atom is -0.469 e. The van der Waals surface area contributed by atoms with Crippen LogP contribution in [0.4, 0.5) is 0 Å². The molecule has 2 unspecified atom stereocenters. The molecule has 2 aliphatic rings. The van der Waals surface area contributed by atoms with E-state index in [0.29, 0.717) is 11.7 Å². The van der Waals surface area contributed by atoms with Crippen LogP contribution in [0.5, 0.6) is 0 Å². The molecule has 0 spiro atoms. The van der Waals surface area contributed by atoms with Crippen LogP contribution in [-0.2, 0) is 15.5 Å². The largest absolute Gasteiger partial charge is 0.469 e. The van der Waals surface area contributed by atoms with Gasteiger partial charge < -0.3 is 4.74 Å². The van der Waals surface area contributed by atoms with Crippen molar-refractivity contribution in [2.75, 3.05) is 5.75 Å². The lowest BCUT2D eigenvalue weighted by atomic mass is 9.78. The third-order valence-electron chi connectivity index (χ3n) is 2.52. The molecule has 12 heavy (non-hydrogen) atoms. The highest BCUT2D eigenvalue weighted by Gasteiger charge is 2.38. The molecule has 66 valence electrons. The van der Waals surface area contributed by atoms with Crippen molar-refractivity contribution in [1.29, 1.82) is 0 Å². The van der Waals surface area contributed by atoms with Crippen molar-refractivity contribution < 1.29 is 8.95 Å². The summed E-state index contributed by atoms with van der Waals surface area (Å²) < 4.78 is 16.5. The van der Waals surface area contributed by atoms with E-state index < -0.39 is 10.8 Å². The highest BCUT2D eigenvalue weighted by atomic mass is 32.2. The fourth-order valence-electron chi connectivity index (χ4n) is 1.60. The molecule has 0 amide bonds. The molecule has 2 atom stereocenters. The third-order valence-corrected chi connectivity index (χ3v) is 3.68. The lowest BCUT2D eigenvalue weighted by molar-refractivity contribution is 0.198. The predicted molar refractivity (Wildman–Crippen MR) is 48.6 cm³/mol. The van der Waals surface area contributed by atoms with E-state index in [1.807, 2.05) is 6.08 Å². The molecule has 3 heteroatoms. The molecule has 2 rings (SSSR count). The van der Waals surface area contributed by atoms with Crippen molar-refractivity contribution in [3.63, 3.8) is 0 Å². The van der Waals surface area contributed by atoms with E-state index in [4.69, 9.17) is 4.74 Å². The number of allylic oxidation sites excluding steroid dienone is 2. The minimum absolute atomic E-state index is 0.0935. The molecule has 0 saturated carbocycles. The first-order chi connectivity index (χ1) is 5.59. The maximum absolute atomic E-state index is 11.2. The van der Waals surface area contributed by atoms with E-state index >= 15 is 0 Å². The molecular formula is C9H12O2S. The van der Waals surface area contributed by atoms with Crippen molar-refractivity contribution >= 4 is 10.8 Å². The van der Waals surface area contributed by atoms with Gasteiger partial charge in [-0.15, -0.1) is 0 Å². The van der Waals surface area contributed by atoms with E-state index in [1.54, 1.807) is 11.7 Å². The van der Waals surface area contributed by atoms with E-state index in [2.05, 4.69) is 13.8 Å². The van der Waals surface area contributed by atoms with Crippen LogP contribution in [-0.4, -0.2) is 9.96 Å². The Bertz CT molecular complexity index is 289. The first-order valence-electron chi connectivity index (χ1n) is 4.03. The van der Waals surface area contributed by atoms with E-state index in [1.165, 1.54) is 0 Å². The van der Waals surface area contributed by atoms with Gasteiger partial charge in [0, 0.05) is 27.9 Å². The van der Waals surface area contributed by atoms with Gasteiger partial charge in [0.2, 0.25) is 0 Å². The summed E-state index contributed by atoms with van der Waals surface area (Å²) >= 11 is 0. The Morgan fingerprint density at radius 3 is 3.08 bits per heavy atom. The monoisotopic (exact) mass is 184 g/mol. The Morgan fingerprint density at radius 2 is 2.42 bits per heavy atom. The summed E-state index contributed by atoms with van der Waals surface area (Å²) in [6.45, 7) is 4.29. The summed E-state index contributed by atoms with van der Waals surface area (Å²) in [5.41, 5.74) is 0.0935. The van der Waals surface area contributed by atoms with E-state index in [0.717, 1.165) is 5.76 Å². The summed E-state index contributed by atoms with van der Waals surface area (Å²) in [7, 11) is -0.816. The zero-order chi connectivity index (χ0) is 8.77. The molecule has 0 fully saturated rings. The predicted octanol–water partition coefficient (Wildman–Crippen LogP) is 1.78. The lowest BCUT2D eigenvalue weighted by Gasteiger charge is -2.32. The van der Waals surface area contributed by atoms with Gasteiger partial charge in [0.15, 0.2) is 0 Å². The van der Waals surface area contributed by atoms with Gasteiger partial charge in [0.25, 0.3) is 0 Å². The molecule has 0 bridgehead atoms. The van der Waals surface area contributed by atoms with Gasteiger partial charge in [0.1, 0.15) is 5.76 Å². The zero-order valence-electron chi connectivity index (χ0n) is 7.24. The molecule has 2 heterocycles. The Morgan fingerprint density at radius 1 is 1.67 bits per heavy atom. The molecule has 2 aliphatic heterocycles. The maximum Gasteiger partial charge on any atom is 0.117 e. The topological polar surface area (TPSA) is 26.3 Å². The van der Waals surface area contributed by atoms with Crippen molar-refractivity contribution in [1.82, 2.24) is 0 Å². The fourth-order valence-corrected chi connectivity index (χ4v) is 3.10. The standard InChI is InChI=1S/C9H12O2S/c1-9(2)3-4-11-8-6-12(10)5-7(8)9/h3-4,6-7H,5H2,1-2H3. The molecule has 0 aromatic heterocycles. The van der Waals surface area contributed by atoms with Crippen LogP contribution in [0.25, 0.3) is 0 Å². The Labute approximate surface area is 74.8 Å². The van der Waals surface area contributed by atoms with Crippen LogP contribution < -0.4 is 0 Å². The van der Waals surface area contributed by atoms with Gasteiger partial charge in [-0.3, -0.25) is 4.21 Å².